The second-order valence-electron chi connectivity index (χ2n) is 6.46. The number of nitrogens with one attached hydrogen (secondary N) is 1. The van der Waals surface area contributed by atoms with E-state index in [1.165, 1.54) is 6.42 Å². The lowest BCUT2D eigenvalue weighted by Gasteiger charge is -2.38. The highest BCUT2D eigenvalue weighted by Crippen LogP contribution is 2.36. The van der Waals surface area contributed by atoms with Gasteiger partial charge in [0.2, 0.25) is 0 Å². The number of hydrogen-bond acceptors (Lipinski definition) is 3. The molecule has 0 aliphatic heterocycles. The monoisotopic (exact) mass is 319 g/mol. The molecule has 1 amide bonds. The highest BCUT2D eigenvalue weighted by molar-refractivity contribution is 5.97. The molecule has 2 atom stereocenters. The van der Waals surface area contributed by atoms with Crippen LogP contribution in [0.5, 0.6) is 5.75 Å². The lowest BCUT2D eigenvalue weighted by molar-refractivity contribution is -0.147. The Labute approximate surface area is 139 Å². The van der Waals surface area contributed by atoms with E-state index >= 15 is 0 Å². The number of hydrogen-bond donors (Lipinski definition) is 1. The number of amides is 1. The summed E-state index contributed by atoms with van der Waals surface area (Å²) in [5.41, 5.74) is 0.111. The fourth-order valence-electron chi connectivity index (χ4n) is 3.28. The maximum absolute atomic E-state index is 12.8. The minimum Gasteiger partial charge on any atom is -0.494 e. The van der Waals surface area contributed by atoms with Crippen molar-refractivity contribution in [3.05, 3.63) is 24.3 Å². The smallest absolute Gasteiger partial charge is 0.256 e. The summed E-state index contributed by atoms with van der Waals surface area (Å²) >= 11 is 0. The highest BCUT2D eigenvalue weighted by Gasteiger charge is 2.42. The summed E-state index contributed by atoms with van der Waals surface area (Å²) in [7, 11) is 0. The van der Waals surface area contributed by atoms with Crippen molar-refractivity contribution in [3.63, 3.8) is 0 Å². The van der Waals surface area contributed by atoms with Gasteiger partial charge in [0.05, 0.1) is 6.61 Å². The molecule has 1 aromatic rings. The third-order valence-electron chi connectivity index (χ3n) is 4.38. The Morgan fingerprint density at radius 3 is 2.65 bits per heavy atom. The van der Waals surface area contributed by atoms with E-state index in [-0.39, 0.29) is 5.91 Å². The van der Waals surface area contributed by atoms with Gasteiger partial charge >= 0.3 is 0 Å². The van der Waals surface area contributed by atoms with Gasteiger partial charge in [-0.25, -0.2) is 0 Å². The van der Waals surface area contributed by atoms with Crippen molar-refractivity contribution in [1.29, 1.82) is 0 Å². The van der Waals surface area contributed by atoms with Crippen LogP contribution in [0.15, 0.2) is 24.3 Å². The Morgan fingerprint density at radius 1 is 1.30 bits per heavy atom. The van der Waals surface area contributed by atoms with E-state index < -0.39 is 5.60 Å². The summed E-state index contributed by atoms with van der Waals surface area (Å²) in [4.78, 5) is 12.8. The van der Waals surface area contributed by atoms with Gasteiger partial charge < -0.3 is 14.8 Å². The summed E-state index contributed by atoms with van der Waals surface area (Å²) in [6.07, 6.45) is 4.79. The quantitative estimate of drug-likeness (QED) is 0.810. The van der Waals surface area contributed by atoms with Crippen LogP contribution < -0.4 is 10.1 Å². The Balaban J connectivity index is 2.03. The maximum atomic E-state index is 12.8. The van der Waals surface area contributed by atoms with Crippen molar-refractivity contribution in [3.8, 4) is 5.75 Å². The molecule has 1 aliphatic rings. The predicted molar refractivity (Wildman–Crippen MR) is 92.8 cm³/mol. The fraction of sp³-hybridized carbons (Fsp3) is 0.632. The summed E-state index contributed by atoms with van der Waals surface area (Å²) in [5, 5.41) is 3.02. The molecule has 1 fully saturated rings. The van der Waals surface area contributed by atoms with Gasteiger partial charge in [0, 0.05) is 12.3 Å². The number of rotatable bonds is 7. The van der Waals surface area contributed by atoms with Crippen LogP contribution in [0.25, 0.3) is 0 Å². The zero-order valence-corrected chi connectivity index (χ0v) is 14.6. The molecule has 4 nitrogen and oxygen atoms in total. The molecule has 1 saturated carbocycles. The zero-order valence-electron chi connectivity index (χ0n) is 14.6. The van der Waals surface area contributed by atoms with Crippen molar-refractivity contribution in [2.45, 2.75) is 58.5 Å². The van der Waals surface area contributed by atoms with Gasteiger partial charge in [0.15, 0.2) is 0 Å². The van der Waals surface area contributed by atoms with E-state index in [0.717, 1.165) is 37.1 Å². The number of benzene rings is 1. The van der Waals surface area contributed by atoms with E-state index in [4.69, 9.17) is 9.47 Å². The first-order chi connectivity index (χ1) is 11.1. The number of carbonyl (C=O) groups is 1. The van der Waals surface area contributed by atoms with Crippen LogP contribution in [-0.2, 0) is 9.53 Å². The molecule has 1 aliphatic carbocycles. The van der Waals surface area contributed by atoms with Crippen molar-refractivity contribution < 1.29 is 14.3 Å². The zero-order chi connectivity index (χ0) is 16.7. The molecule has 0 spiro atoms. The van der Waals surface area contributed by atoms with Crippen LogP contribution >= 0.6 is 0 Å². The van der Waals surface area contributed by atoms with Gasteiger partial charge in [-0.05, 0) is 62.8 Å². The van der Waals surface area contributed by atoms with Gasteiger partial charge in [0.25, 0.3) is 5.91 Å². The Hall–Kier alpha value is -1.55. The molecule has 1 aromatic carbocycles. The van der Waals surface area contributed by atoms with Crippen molar-refractivity contribution >= 4 is 11.6 Å². The van der Waals surface area contributed by atoms with Gasteiger partial charge in [-0.2, -0.15) is 0 Å². The standard InChI is InChI=1S/C19H29NO3/c1-4-13-22-17-10-8-16(9-11-17)20-18(21)19(23-5-2)12-6-7-15(3)14-19/h8-11,15H,4-7,12-14H2,1-3H3,(H,20,21)/t15-,19+/m1/s1. The predicted octanol–water partition coefficient (Wildman–Crippen LogP) is 4.40. The number of anilines is 1. The average Bonchev–Trinajstić information content (AvgIpc) is 2.54. The summed E-state index contributed by atoms with van der Waals surface area (Å²) in [5.74, 6) is 1.33. The van der Waals surface area contributed by atoms with Gasteiger partial charge in [-0.1, -0.05) is 20.3 Å². The van der Waals surface area contributed by atoms with E-state index in [9.17, 15) is 4.79 Å². The van der Waals surface area contributed by atoms with Gasteiger partial charge in [0.1, 0.15) is 11.4 Å². The lowest BCUT2D eigenvalue weighted by atomic mass is 9.78. The van der Waals surface area contributed by atoms with Gasteiger partial charge in [-0.15, -0.1) is 0 Å². The fourth-order valence-corrected chi connectivity index (χ4v) is 3.28. The van der Waals surface area contributed by atoms with Crippen molar-refractivity contribution in [1.82, 2.24) is 0 Å². The Bertz CT molecular complexity index is 496. The molecular formula is C19H29NO3. The molecule has 0 saturated heterocycles. The van der Waals surface area contributed by atoms with Crippen LogP contribution in [0, 0.1) is 5.92 Å². The van der Waals surface area contributed by atoms with Crippen LogP contribution in [-0.4, -0.2) is 24.7 Å². The lowest BCUT2D eigenvalue weighted by Crippen LogP contribution is -2.48. The van der Waals surface area contributed by atoms with Crippen molar-refractivity contribution in [2.24, 2.45) is 5.92 Å². The van der Waals surface area contributed by atoms with E-state index in [1.807, 2.05) is 31.2 Å². The Morgan fingerprint density at radius 2 is 2.04 bits per heavy atom. The number of ether oxygens (including phenoxy) is 2. The normalized spacial score (nSPS) is 24.2. The maximum Gasteiger partial charge on any atom is 0.256 e. The van der Waals surface area contributed by atoms with E-state index in [2.05, 4.69) is 19.2 Å². The van der Waals surface area contributed by atoms with Crippen LogP contribution in [0.2, 0.25) is 0 Å². The van der Waals surface area contributed by atoms with Crippen molar-refractivity contribution in [2.75, 3.05) is 18.5 Å². The first-order valence-electron chi connectivity index (χ1n) is 8.78. The molecule has 4 heteroatoms. The summed E-state index contributed by atoms with van der Waals surface area (Å²) in [6, 6.07) is 7.55. The molecule has 0 aromatic heterocycles. The topological polar surface area (TPSA) is 47.6 Å². The molecule has 128 valence electrons. The molecule has 0 unspecified atom stereocenters. The molecule has 0 heterocycles. The van der Waals surface area contributed by atoms with Crippen LogP contribution in [0.4, 0.5) is 5.69 Å². The molecule has 1 N–H and O–H groups in total. The van der Waals surface area contributed by atoms with Crippen LogP contribution in [0.1, 0.15) is 52.9 Å². The molecule has 0 bridgehead atoms. The molecule has 2 rings (SSSR count). The minimum atomic E-state index is -0.677. The minimum absolute atomic E-state index is 0.0203. The summed E-state index contributed by atoms with van der Waals surface area (Å²) < 4.78 is 11.5. The third-order valence-corrected chi connectivity index (χ3v) is 4.38. The summed E-state index contributed by atoms with van der Waals surface area (Å²) in [6.45, 7) is 7.49. The first-order valence-corrected chi connectivity index (χ1v) is 8.78. The molecule has 23 heavy (non-hydrogen) atoms. The average molecular weight is 319 g/mol. The third kappa shape index (κ3) is 4.71. The van der Waals surface area contributed by atoms with E-state index in [0.29, 0.717) is 19.1 Å². The second-order valence-corrected chi connectivity index (χ2v) is 6.46. The van der Waals surface area contributed by atoms with E-state index in [1.54, 1.807) is 0 Å². The van der Waals surface area contributed by atoms with Crippen LogP contribution in [0.3, 0.4) is 0 Å². The second kappa shape index (κ2) is 8.34. The number of carbonyl (C=O) groups excluding carboxylic acids is 1. The largest absolute Gasteiger partial charge is 0.494 e. The van der Waals surface area contributed by atoms with Gasteiger partial charge in [-0.3, -0.25) is 4.79 Å². The Kier molecular flexibility index (Phi) is 6.46. The molecule has 0 radical (unpaired) electrons. The highest BCUT2D eigenvalue weighted by atomic mass is 16.5. The molecular weight excluding hydrogens is 290 g/mol. The first kappa shape index (κ1) is 17.8. The SMILES string of the molecule is CCCOc1ccc(NC(=O)[C@]2(OCC)CCC[C@@H](C)C2)cc1.